The number of hydrogen-bond donors (Lipinski definition) is 0. The van der Waals surface area contributed by atoms with Gasteiger partial charge in [-0.05, 0) is 36.2 Å². The lowest BCUT2D eigenvalue weighted by atomic mass is 10.1. The smallest absolute Gasteiger partial charge is 0.337 e. The molecule has 3 heteroatoms. The molecule has 3 nitrogen and oxygen atoms in total. The summed E-state index contributed by atoms with van der Waals surface area (Å²) >= 11 is 0. The number of hydrogen-bond acceptors (Lipinski definition) is 3. The third-order valence-corrected chi connectivity index (χ3v) is 3.32. The summed E-state index contributed by atoms with van der Waals surface area (Å²) in [6.45, 7) is 2.90. The Morgan fingerprint density at radius 1 is 1.10 bits per heavy atom. The molecule has 0 unspecified atom stereocenters. The van der Waals surface area contributed by atoms with Gasteiger partial charge in [-0.1, -0.05) is 30.3 Å². The van der Waals surface area contributed by atoms with Crippen LogP contribution in [0, 0.1) is 6.92 Å². The molecule has 0 bridgehead atoms. The average Bonchev–Trinajstić information content (AvgIpc) is 2.47. The number of para-hydroxylation sites is 1. The van der Waals surface area contributed by atoms with E-state index >= 15 is 0 Å². The first-order valence-corrected chi connectivity index (χ1v) is 6.56. The zero-order chi connectivity index (χ0) is 14.5. The molecule has 0 amide bonds. The number of esters is 1. The van der Waals surface area contributed by atoms with E-state index in [1.165, 1.54) is 18.4 Å². The van der Waals surface area contributed by atoms with Crippen LogP contribution in [-0.2, 0) is 11.3 Å². The van der Waals surface area contributed by atoms with Crippen molar-refractivity contribution < 1.29 is 9.53 Å². The van der Waals surface area contributed by atoms with Crippen LogP contribution in [0.5, 0.6) is 0 Å². The second kappa shape index (κ2) is 6.24. The summed E-state index contributed by atoms with van der Waals surface area (Å²) < 4.78 is 4.69. The van der Waals surface area contributed by atoms with Crippen molar-refractivity contribution >= 4 is 11.7 Å². The van der Waals surface area contributed by atoms with E-state index < -0.39 is 0 Å². The highest BCUT2D eigenvalue weighted by atomic mass is 16.5. The normalized spacial score (nSPS) is 10.2. The fourth-order valence-corrected chi connectivity index (χ4v) is 2.21. The standard InChI is InChI=1S/C17H19NO2/c1-13-6-4-5-7-16(13)18(2)12-14-8-10-15(11-9-14)17(19)20-3/h4-11H,12H2,1-3H3. The fourth-order valence-electron chi connectivity index (χ4n) is 2.21. The van der Waals surface area contributed by atoms with E-state index in [1.54, 1.807) is 12.1 Å². The Hall–Kier alpha value is -2.29. The molecule has 0 aromatic heterocycles. The van der Waals surface area contributed by atoms with E-state index in [1.807, 2.05) is 24.3 Å². The molecular formula is C17H19NO2. The highest BCUT2D eigenvalue weighted by molar-refractivity contribution is 5.89. The highest BCUT2D eigenvalue weighted by Crippen LogP contribution is 2.20. The molecule has 0 heterocycles. The van der Waals surface area contributed by atoms with E-state index in [9.17, 15) is 4.79 Å². The predicted octanol–water partition coefficient (Wildman–Crippen LogP) is 3.42. The topological polar surface area (TPSA) is 29.5 Å². The molecule has 0 aliphatic carbocycles. The minimum Gasteiger partial charge on any atom is -0.465 e. The number of benzene rings is 2. The van der Waals surface area contributed by atoms with Crippen LogP contribution in [0.2, 0.25) is 0 Å². The number of nitrogens with zero attached hydrogens (tertiary/aromatic N) is 1. The van der Waals surface area contributed by atoms with Gasteiger partial charge in [0.05, 0.1) is 12.7 Å². The molecule has 2 aromatic carbocycles. The number of rotatable bonds is 4. The molecule has 0 fully saturated rings. The summed E-state index contributed by atoms with van der Waals surface area (Å²) in [6.07, 6.45) is 0. The molecule has 0 saturated carbocycles. The van der Waals surface area contributed by atoms with Gasteiger partial charge >= 0.3 is 5.97 Å². The van der Waals surface area contributed by atoms with Crippen molar-refractivity contribution in [1.29, 1.82) is 0 Å². The maximum absolute atomic E-state index is 11.4. The van der Waals surface area contributed by atoms with Crippen LogP contribution >= 0.6 is 0 Å². The van der Waals surface area contributed by atoms with Gasteiger partial charge in [-0.2, -0.15) is 0 Å². The first-order valence-electron chi connectivity index (χ1n) is 6.56. The van der Waals surface area contributed by atoms with E-state index in [4.69, 9.17) is 4.74 Å². The quantitative estimate of drug-likeness (QED) is 0.797. The Kier molecular flexibility index (Phi) is 4.41. The van der Waals surface area contributed by atoms with Crippen molar-refractivity contribution in [2.75, 3.05) is 19.1 Å². The lowest BCUT2D eigenvalue weighted by Gasteiger charge is -2.21. The predicted molar refractivity (Wildman–Crippen MR) is 81.1 cm³/mol. The van der Waals surface area contributed by atoms with Gasteiger partial charge in [0, 0.05) is 19.3 Å². The van der Waals surface area contributed by atoms with Gasteiger partial charge in [0.25, 0.3) is 0 Å². The zero-order valence-corrected chi connectivity index (χ0v) is 12.1. The number of carbonyl (C=O) groups excluding carboxylic acids is 1. The summed E-state index contributed by atoms with van der Waals surface area (Å²) in [5, 5.41) is 0. The highest BCUT2D eigenvalue weighted by Gasteiger charge is 2.07. The van der Waals surface area contributed by atoms with Gasteiger partial charge in [0.15, 0.2) is 0 Å². The summed E-state index contributed by atoms with van der Waals surface area (Å²) in [5.41, 5.74) is 4.20. The number of anilines is 1. The van der Waals surface area contributed by atoms with Crippen molar-refractivity contribution in [1.82, 2.24) is 0 Å². The van der Waals surface area contributed by atoms with Gasteiger partial charge in [0.1, 0.15) is 0 Å². The third kappa shape index (κ3) is 3.18. The number of ether oxygens (including phenoxy) is 1. The molecule has 0 aliphatic heterocycles. The minimum atomic E-state index is -0.302. The molecule has 0 atom stereocenters. The largest absolute Gasteiger partial charge is 0.465 e. The Bertz CT molecular complexity index is 590. The third-order valence-electron chi connectivity index (χ3n) is 3.32. The van der Waals surface area contributed by atoms with Crippen molar-refractivity contribution in [3.8, 4) is 0 Å². The number of aryl methyl sites for hydroxylation is 1. The minimum absolute atomic E-state index is 0.302. The lowest BCUT2D eigenvalue weighted by Crippen LogP contribution is -2.17. The van der Waals surface area contributed by atoms with Gasteiger partial charge in [-0.15, -0.1) is 0 Å². The van der Waals surface area contributed by atoms with Gasteiger partial charge in [0.2, 0.25) is 0 Å². The van der Waals surface area contributed by atoms with E-state index in [-0.39, 0.29) is 5.97 Å². The molecular weight excluding hydrogens is 250 g/mol. The fraction of sp³-hybridized carbons (Fsp3) is 0.235. The van der Waals surface area contributed by atoms with E-state index in [0.717, 1.165) is 12.1 Å². The molecule has 104 valence electrons. The monoisotopic (exact) mass is 269 g/mol. The lowest BCUT2D eigenvalue weighted by molar-refractivity contribution is 0.0600. The summed E-state index contributed by atoms with van der Waals surface area (Å²) in [6, 6.07) is 15.8. The zero-order valence-electron chi connectivity index (χ0n) is 12.1. The van der Waals surface area contributed by atoms with Gasteiger partial charge < -0.3 is 9.64 Å². The first kappa shape index (κ1) is 14.1. The molecule has 2 aromatic rings. The number of carbonyl (C=O) groups is 1. The Morgan fingerprint density at radius 3 is 2.35 bits per heavy atom. The van der Waals surface area contributed by atoms with Crippen molar-refractivity contribution in [3.63, 3.8) is 0 Å². The van der Waals surface area contributed by atoms with Gasteiger partial charge in [-0.3, -0.25) is 0 Å². The summed E-state index contributed by atoms with van der Waals surface area (Å²) in [4.78, 5) is 13.6. The van der Waals surface area contributed by atoms with Crippen molar-refractivity contribution in [2.45, 2.75) is 13.5 Å². The van der Waals surface area contributed by atoms with Crippen LogP contribution in [0.25, 0.3) is 0 Å². The average molecular weight is 269 g/mol. The van der Waals surface area contributed by atoms with Crippen molar-refractivity contribution in [3.05, 3.63) is 65.2 Å². The van der Waals surface area contributed by atoms with Crippen LogP contribution in [0.4, 0.5) is 5.69 Å². The SMILES string of the molecule is COC(=O)c1ccc(CN(C)c2ccccc2C)cc1. The van der Waals surface area contributed by atoms with E-state index in [2.05, 4.69) is 31.0 Å². The molecule has 0 N–H and O–H groups in total. The Labute approximate surface area is 119 Å². The van der Waals surface area contributed by atoms with Crippen LogP contribution in [-0.4, -0.2) is 20.1 Å². The van der Waals surface area contributed by atoms with Crippen LogP contribution < -0.4 is 4.90 Å². The van der Waals surface area contributed by atoms with Crippen LogP contribution in [0.3, 0.4) is 0 Å². The Balaban J connectivity index is 2.10. The molecule has 20 heavy (non-hydrogen) atoms. The van der Waals surface area contributed by atoms with E-state index in [0.29, 0.717) is 5.56 Å². The number of methoxy groups -OCH3 is 1. The first-order chi connectivity index (χ1) is 9.61. The Morgan fingerprint density at radius 2 is 1.75 bits per heavy atom. The second-order valence-corrected chi connectivity index (χ2v) is 4.83. The molecule has 0 aliphatic rings. The molecule has 0 spiro atoms. The van der Waals surface area contributed by atoms with Crippen LogP contribution in [0.15, 0.2) is 48.5 Å². The van der Waals surface area contributed by atoms with Gasteiger partial charge in [-0.25, -0.2) is 4.79 Å². The van der Waals surface area contributed by atoms with Crippen molar-refractivity contribution in [2.24, 2.45) is 0 Å². The molecule has 0 saturated heterocycles. The second-order valence-electron chi connectivity index (χ2n) is 4.83. The molecule has 2 rings (SSSR count). The van der Waals surface area contributed by atoms with Crippen LogP contribution in [0.1, 0.15) is 21.5 Å². The summed E-state index contributed by atoms with van der Waals surface area (Å²) in [7, 11) is 3.46. The molecule has 0 radical (unpaired) electrons. The summed E-state index contributed by atoms with van der Waals surface area (Å²) in [5.74, 6) is -0.302. The maximum Gasteiger partial charge on any atom is 0.337 e. The maximum atomic E-state index is 11.4.